The molecule has 4 nitrogen and oxygen atoms in total. The zero-order chi connectivity index (χ0) is 11.4. The molecule has 0 heterocycles. The van der Waals surface area contributed by atoms with Gasteiger partial charge in [0.2, 0.25) is 0 Å². The summed E-state index contributed by atoms with van der Waals surface area (Å²) in [6.45, 7) is 1.37. The van der Waals surface area contributed by atoms with E-state index in [9.17, 15) is 9.59 Å². The van der Waals surface area contributed by atoms with Gasteiger partial charge < -0.3 is 9.84 Å². The topological polar surface area (TPSA) is 63.6 Å². The van der Waals surface area contributed by atoms with Crippen LogP contribution in [-0.4, -0.2) is 24.0 Å². The first kappa shape index (κ1) is 11.7. The zero-order valence-electron chi connectivity index (χ0n) is 7.99. The Morgan fingerprint density at radius 1 is 1.60 bits per heavy atom. The van der Waals surface area contributed by atoms with Crippen LogP contribution in [0.15, 0.2) is 16.6 Å². The van der Waals surface area contributed by atoms with Gasteiger partial charge in [-0.05, 0) is 34.5 Å². The maximum absolute atomic E-state index is 10.8. The van der Waals surface area contributed by atoms with Crippen molar-refractivity contribution in [3.05, 3.63) is 27.7 Å². The summed E-state index contributed by atoms with van der Waals surface area (Å²) < 4.78 is 5.59. The number of carboxylic acid groups (broad SMARTS) is 1. The van der Waals surface area contributed by atoms with Gasteiger partial charge in [0.05, 0.1) is 5.56 Å². The van der Waals surface area contributed by atoms with Crippen LogP contribution in [0.5, 0.6) is 5.75 Å². The standard InChI is InChI=1S/C10H9BrO4/c1-6-2-3-8(15-5-9(13)14)7(4-12)10(6)11/h2-4H,5H2,1H3,(H,13,14). The summed E-state index contributed by atoms with van der Waals surface area (Å²) in [4.78, 5) is 21.1. The highest BCUT2D eigenvalue weighted by molar-refractivity contribution is 9.10. The molecule has 15 heavy (non-hydrogen) atoms. The van der Waals surface area contributed by atoms with Crippen molar-refractivity contribution >= 4 is 28.2 Å². The molecule has 0 atom stereocenters. The van der Waals surface area contributed by atoms with Crippen LogP contribution in [0, 0.1) is 6.92 Å². The third-order valence-electron chi connectivity index (χ3n) is 1.80. The molecule has 1 aromatic rings. The van der Waals surface area contributed by atoms with E-state index < -0.39 is 12.6 Å². The maximum atomic E-state index is 10.8. The van der Waals surface area contributed by atoms with Crippen molar-refractivity contribution in [1.29, 1.82) is 0 Å². The van der Waals surface area contributed by atoms with Gasteiger partial charge in [-0.25, -0.2) is 4.79 Å². The van der Waals surface area contributed by atoms with E-state index in [0.29, 0.717) is 16.3 Å². The van der Waals surface area contributed by atoms with E-state index >= 15 is 0 Å². The Kier molecular flexibility index (Phi) is 3.85. The molecular weight excluding hydrogens is 264 g/mol. The molecule has 0 fully saturated rings. The fourth-order valence-electron chi connectivity index (χ4n) is 1.06. The average Bonchev–Trinajstić information content (AvgIpc) is 2.19. The fraction of sp³-hybridized carbons (Fsp3) is 0.200. The Labute approximate surface area is 95.0 Å². The summed E-state index contributed by atoms with van der Waals surface area (Å²) in [5.74, 6) is -0.812. The van der Waals surface area contributed by atoms with Gasteiger partial charge in [0, 0.05) is 4.47 Å². The van der Waals surface area contributed by atoms with E-state index in [4.69, 9.17) is 9.84 Å². The molecule has 0 saturated carbocycles. The molecule has 1 N–H and O–H groups in total. The number of ether oxygens (including phenoxy) is 1. The van der Waals surface area contributed by atoms with Crippen LogP contribution >= 0.6 is 15.9 Å². The first-order chi connectivity index (χ1) is 7.06. The number of aryl methyl sites for hydroxylation is 1. The fourth-order valence-corrected chi connectivity index (χ4v) is 1.48. The number of carbonyl (C=O) groups is 2. The van der Waals surface area contributed by atoms with Gasteiger partial charge >= 0.3 is 5.97 Å². The highest BCUT2D eigenvalue weighted by Gasteiger charge is 2.10. The predicted molar refractivity (Wildman–Crippen MR) is 57.4 cm³/mol. The molecule has 5 heteroatoms. The zero-order valence-corrected chi connectivity index (χ0v) is 9.58. The SMILES string of the molecule is Cc1ccc(OCC(=O)O)c(C=O)c1Br. The summed E-state index contributed by atoms with van der Waals surface area (Å²) in [5.41, 5.74) is 1.22. The molecule has 0 aliphatic heterocycles. The minimum atomic E-state index is -1.08. The number of carbonyl (C=O) groups excluding carboxylic acids is 1. The molecule has 0 unspecified atom stereocenters. The normalized spacial score (nSPS) is 9.73. The molecule has 80 valence electrons. The summed E-state index contributed by atoms with van der Waals surface area (Å²) in [5, 5.41) is 8.44. The van der Waals surface area contributed by atoms with Gasteiger partial charge in [-0.15, -0.1) is 0 Å². The second-order valence-electron chi connectivity index (χ2n) is 2.91. The minimum absolute atomic E-state index is 0.268. The lowest BCUT2D eigenvalue weighted by molar-refractivity contribution is -0.139. The van der Waals surface area contributed by atoms with Crippen molar-refractivity contribution in [2.75, 3.05) is 6.61 Å². The van der Waals surface area contributed by atoms with E-state index in [1.165, 1.54) is 0 Å². The predicted octanol–water partition coefficient (Wildman–Crippen LogP) is 2.03. The summed E-state index contributed by atoms with van der Waals surface area (Å²) in [6, 6.07) is 3.32. The summed E-state index contributed by atoms with van der Waals surface area (Å²) in [7, 11) is 0. The van der Waals surface area contributed by atoms with Gasteiger partial charge in [0.1, 0.15) is 5.75 Å². The Hall–Kier alpha value is -1.36. The molecule has 1 aromatic carbocycles. The molecule has 0 aromatic heterocycles. The van der Waals surface area contributed by atoms with Crippen molar-refractivity contribution in [1.82, 2.24) is 0 Å². The highest BCUT2D eigenvalue weighted by Crippen LogP contribution is 2.28. The molecule has 0 amide bonds. The molecule has 0 bridgehead atoms. The lowest BCUT2D eigenvalue weighted by atomic mass is 10.1. The van der Waals surface area contributed by atoms with E-state index in [1.54, 1.807) is 12.1 Å². The van der Waals surface area contributed by atoms with Crippen LogP contribution in [0.4, 0.5) is 0 Å². The average molecular weight is 273 g/mol. The number of hydrogen-bond acceptors (Lipinski definition) is 3. The molecule has 1 rings (SSSR count). The van der Waals surface area contributed by atoms with Gasteiger partial charge in [0.25, 0.3) is 0 Å². The first-order valence-electron chi connectivity index (χ1n) is 4.15. The molecular formula is C10H9BrO4. The van der Waals surface area contributed by atoms with Crippen molar-refractivity contribution in [2.45, 2.75) is 6.92 Å². The second-order valence-corrected chi connectivity index (χ2v) is 3.70. The third kappa shape index (κ3) is 2.79. The molecule has 0 radical (unpaired) electrons. The van der Waals surface area contributed by atoms with Crippen LogP contribution in [0.1, 0.15) is 15.9 Å². The van der Waals surface area contributed by atoms with Crippen LogP contribution in [0.2, 0.25) is 0 Å². The molecule has 0 aliphatic carbocycles. The van der Waals surface area contributed by atoms with Gasteiger partial charge in [0.15, 0.2) is 12.9 Å². The van der Waals surface area contributed by atoms with Crippen LogP contribution in [0.3, 0.4) is 0 Å². The monoisotopic (exact) mass is 272 g/mol. The van der Waals surface area contributed by atoms with Crippen molar-refractivity contribution in [3.8, 4) is 5.75 Å². The van der Waals surface area contributed by atoms with E-state index in [-0.39, 0.29) is 5.75 Å². The second kappa shape index (κ2) is 4.93. The van der Waals surface area contributed by atoms with Gasteiger partial charge in [-0.3, -0.25) is 4.79 Å². The third-order valence-corrected chi connectivity index (χ3v) is 2.85. The molecule has 0 saturated heterocycles. The number of rotatable bonds is 4. The lowest BCUT2D eigenvalue weighted by Crippen LogP contribution is -2.10. The van der Waals surface area contributed by atoms with Crippen LogP contribution in [-0.2, 0) is 4.79 Å². The van der Waals surface area contributed by atoms with Crippen LogP contribution in [0.25, 0.3) is 0 Å². The van der Waals surface area contributed by atoms with Crippen molar-refractivity contribution < 1.29 is 19.4 Å². The number of halogens is 1. The Morgan fingerprint density at radius 2 is 2.27 bits per heavy atom. The van der Waals surface area contributed by atoms with Crippen LogP contribution < -0.4 is 4.74 Å². The Morgan fingerprint density at radius 3 is 2.80 bits per heavy atom. The number of aldehydes is 1. The number of carboxylic acids is 1. The maximum Gasteiger partial charge on any atom is 0.341 e. The number of benzene rings is 1. The van der Waals surface area contributed by atoms with E-state index in [0.717, 1.165) is 5.56 Å². The number of hydrogen-bond donors (Lipinski definition) is 1. The minimum Gasteiger partial charge on any atom is -0.481 e. The van der Waals surface area contributed by atoms with Gasteiger partial charge in [-0.2, -0.15) is 0 Å². The highest BCUT2D eigenvalue weighted by atomic mass is 79.9. The van der Waals surface area contributed by atoms with Crippen molar-refractivity contribution in [2.24, 2.45) is 0 Å². The van der Waals surface area contributed by atoms with E-state index in [2.05, 4.69) is 15.9 Å². The largest absolute Gasteiger partial charge is 0.481 e. The van der Waals surface area contributed by atoms with Crippen molar-refractivity contribution in [3.63, 3.8) is 0 Å². The van der Waals surface area contributed by atoms with E-state index in [1.807, 2.05) is 6.92 Å². The molecule has 0 spiro atoms. The smallest absolute Gasteiger partial charge is 0.341 e. The van der Waals surface area contributed by atoms with Gasteiger partial charge in [-0.1, -0.05) is 6.07 Å². The Balaban J connectivity index is 3.02. The quantitative estimate of drug-likeness (QED) is 0.852. The molecule has 0 aliphatic rings. The lowest BCUT2D eigenvalue weighted by Gasteiger charge is -2.09. The number of aliphatic carboxylic acids is 1. The Bertz CT molecular complexity index is 401. The summed E-state index contributed by atoms with van der Waals surface area (Å²) in [6.07, 6.45) is 0.633. The first-order valence-corrected chi connectivity index (χ1v) is 4.94. The summed E-state index contributed by atoms with van der Waals surface area (Å²) >= 11 is 3.24.